The van der Waals surface area contributed by atoms with Crippen molar-refractivity contribution in [3.63, 3.8) is 0 Å². The van der Waals surface area contributed by atoms with Crippen molar-refractivity contribution < 1.29 is 125 Å². The largest absolute Gasteiger partial charge is 0.534 e. The normalized spacial score (nSPS) is 23.7. The van der Waals surface area contributed by atoms with Crippen molar-refractivity contribution in [1.29, 1.82) is 0 Å². The fourth-order valence-electron chi connectivity index (χ4n) is 10.5. The summed E-state index contributed by atoms with van der Waals surface area (Å²) in [7, 11) is 0. The van der Waals surface area contributed by atoms with Crippen LogP contribution in [0, 0.1) is 10.8 Å². The van der Waals surface area contributed by atoms with E-state index >= 15 is 0 Å². The van der Waals surface area contributed by atoms with Gasteiger partial charge in [0.1, 0.15) is 18.0 Å². The molecule has 4 fully saturated rings. The van der Waals surface area contributed by atoms with Gasteiger partial charge in [-0.2, -0.15) is 0 Å². The maximum absolute atomic E-state index is 12.9. The topological polar surface area (TPSA) is 417 Å². The lowest BCUT2D eigenvalue weighted by molar-refractivity contribution is -0.205. The van der Waals surface area contributed by atoms with Crippen molar-refractivity contribution >= 4 is 83.3 Å². The maximum atomic E-state index is 12.9. The Labute approximate surface area is 549 Å². The lowest BCUT2D eigenvalue weighted by Gasteiger charge is -2.32. The first kappa shape index (κ1) is 77.8. The van der Waals surface area contributed by atoms with E-state index < -0.39 is 101 Å². The Balaban J connectivity index is 0.000000450. The number of Topliss-reactive ketones (excluding diaryl/α,β-unsaturated/α-hetero) is 1. The molecule has 4 N–H and O–H groups in total. The van der Waals surface area contributed by atoms with Gasteiger partial charge in [0, 0.05) is 110 Å². The molecule has 6 rings (SSSR count). The van der Waals surface area contributed by atoms with Crippen molar-refractivity contribution in [2.75, 3.05) is 138 Å². The van der Waals surface area contributed by atoms with E-state index in [9.17, 15) is 82.4 Å². The number of carboxylic acid groups (broad SMARTS) is 3. The minimum atomic E-state index is -1.20. The molecule has 34 nitrogen and oxygen atoms in total. The van der Waals surface area contributed by atoms with Crippen LogP contribution in [-0.2, 0) is 100 Å². The van der Waals surface area contributed by atoms with Crippen LogP contribution in [0.25, 0.3) is 0 Å². The van der Waals surface area contributed by atoms with Crippen LogP contribution in [0.4, 0.5) is 9.59 Å². The zero-order valence-electron chi connectivity index (χ0n) is 54.0. The number of ketones is 1. The zero-order chi connectivity index (χ0) is 69.3. The van der Waals surface area contributed by atoms with Crippen molar-refractivity contribution in [2.24, 2.45) is 10.8 Å². The van der Waals surface area contributed by atoms with Crippen LogP contribution in [-0.4, -0.2) is 284 Å². The van der Waals surface area contributed by atoms with E-state index in [1.54, 1.807) is 46.8 Å². The maximum Gasteiger partial charge on any atom is 0.534 e. The van der Waals surface area contributed by atoms with Gasteiger partial charge in [0.15, 0.2) is 0 Å². The molecule has 34 heteroatoms. The number of carbonyl (C=O) groups excluding carboxylic acids is 11. The van der Waals surface area contributed by atoms with Crippen molar-refractivity contribution in [2.45, 2.75) is 129 Å². The van der Waals surface area contributed by atoms with Crippen LogP contribution >= 0.6 is 0 Å². The number of hydroxylamine groups is 6. The molecule has 0 aromatic rings. The first-order valence-corrected chi connectivity index (χ1v) is 31.9. The highest BCUT2D eigenvalue weighted by atomic mass is 16.8. The van der Waals surface area contributed by atoms with Crippen LogP contribution in [0.2, 0.25) is 0 Å². The highest BCUT2D eigenvalue weighted by molar-refractivity contribution is 6.03. The fraction of sp³-hybridized carbons (Fsp3) is 0.705. The summed E-state index contributed by atoms with van der Waals surface area (Å²) in [6.45, 7) is 8.14. The van der Waals surface area contributed by atoms with Crippen LogP contribution in [0.15, 0.2) is 24.3 Å². The Morgan fingerprint density at radius 3 is 1.17 bits per heavy atom. The minimum Gasteiger partial charge on any atom is -0.480 e. The first-order chi connectivity index (χ1) is 45.3. The van der Waals surface area contributed by atoms with Gasteiger partial charge in [-0.25, -0.2) is 19.2 Å². The summed E-state index contributed by atoms with van der Waals surface area (Å²) >= 11 is 0. The number of imide groups is 3. The second-order valence-electron chi connectivity index (χ2n) is 23.9. The quantitative estimate of drug-likeness (QED) is 0.0326. The molecule has 4 saturated heterocycles. The summed E-state index contributed by atoms with van der Waals surface area (Å²) in [6, 6.07) is 0. The molecule has 0 radical (unpaired) electrons. The van der Waals surface area contributed by atoms with Crippen molar-refractivity contribution in [1.82, 2.24) is 40.1 Å². The molecule has 0 aromatic carbocycles. The molecule has 530 valence electrons. The molecular formula is C61H90N8O26. The van der Waals surface area contributed by atoms with Crippen LogP contribution < -0.4 is 5.32 Å². The van der Waals surface area contributed by atoms with E-state index in [-0.39, 0.29) is 103 Å². The molecule has 4 heterocycles. The molecule has 6 aliphatic rings. The number of aliphatic carboxylic acids is 3. The van der Waals surface area contributed by atoms with Gasteiger partial charge < -0.3 is 58.7 Å². The highest BCUT2D eigenvalue weighted by Gasteiger charge is 2.43. The summed E-state index contributed by atoms with van der Waals surface area (Å²) in [6.07, 6.45) is 7.48. The average Bonchev–Trinajstić information content (AvgIpc) is 1.84. The smallest absolute Gasteiger partial charge is 0.480 e. The second kappa shape index (κ2) is 40.5. The molecule has 7 amide bonds. The van der Waals surface area contributed by atoms with E-state index in [1.807, 2.05) is 11.0 Å². The van der Waals surface area contributed by atoms with Gasteiger partial charge in [0.2, 0.25) is 0 Å². The fourth-order valence-corrected chi connectivity index (χ4v) is 10.5. The number of nitrogens with one attached hydrogen (secondary N) is 1. The lowest BCUT2D eigenvalue weighted by atomic mass is 9.79. The second-order valence-corrected chi connectivity index (χ2v) is 23.9. The Bertz CT molecular complexity index is 2670. The predicted molar refractivity (Wildman–Crippen MR) is 323 cm³/mol. The van der Waals surface area contributed by atoms with Gasteiger partial charge in [-0.3, -0.25) is 72.4 Å². The SMILES string of the molecule is C[C@]1(C(=O)ON2C(=O)CCC2=O)CC/C=C/[C@@H](OC(=O)NCCOCCOCCOCCOCCCC(=O)CN2CCN(CC(=O)O)CCN(CC(=O)O)CCN(CC(=O)O)CC2)CC1.C[C@]1(C(=O)ON2C(=O)CCC2=O)CC/C=C/[C@@H](OC(=O)ON2C(=O)CCC2=O)CC1. The van der Waals surface area contributed by atoms with E-state index in [0.29, 0.717) is 159 Å². The Morgan fingerprint density at radius 2 is 0.789 bits per heavy atom. The number of ether oxygens (including phenoxy) is 6. The molecular weight excluding hydrogens is 1260 g/mol. The number of hydrogen-bond donors (Lipinski definition) is 4. The van der Waals surface area contributed by atoms with Crippen LogP contribution in [0.3, 0.4) is 0 Å². The summed E-state index contributed by atoms with van der Waals surface area (Å²) in [4.78, 5) is 189. The molecule has 0 unspecified atom stereocenters. The Hall–Kier alpha value is -7.86. The van der Waals surface area contributed by atoms with Crippen molar-refractivity contribution in [3.8, 4) is 0 Å². The molecule has 0 saturated carbocycles. The Kier molecular flexibility index (Phi) is 33.2. The predicted octanol–water partition coefficient (Wildman–Crippen LogP) is 1.03. The van der Waals surface area contributed by atoms with Gasteiger partial charge in [0.25, 0.3) is 35.4 Å². The van der Waals surface area contributed by atoms with E-state index in [4.69, 9.17) is 38.1 Å². The summed E-state index contributed by atoms with van der Waals surface area (Å²) in [5, 5.41) is 32.2. The van der Waals surface area contributed by atoms with Gasteiger partial charge in [-0.1, -0.05) is 17.2 Å². The molecule has 2 aliphatic carbocycles. The number of carbonyl (C=O) groups is 14. The van der Waals surface area contributed by atoms with Crippen LogP contribution in [0.1, 0.15) is 117 Å². The third-order valence-electron chi connectivity index (χ3n) is 16.2. The number of allylic oxidation sites excluding steroid dienone is 2. The first-order valence-electron chi connectivity index (χ1n) is 31.9. The molecule has 4 atom stereocenters. The zero-order valence-corrected chi connectivity index (χ0v) is 54.0. The Morgan fingerprint density at radius 1 is 0.453 bits per heavy atom. The third kappa shape index (κ3) is 28.6. The van der Waals surface area contributed by atoms with Gasteiger partial charge in [-0.05, 0) is 83.8 Å². The van der Waals surface area contributed by atoms with Crippen molar-refractivity contribution in [3.05, 3.63) is 24.3 Å². The number of alkyl carbamates (subject to hydrolysis) is 1. The molecule has 4 aliphatic heterocycles. The minimum absolute atomic E-state index is 0.00557. The molecule has 95 heavy (non-hydrogen) atoms. The lowest BCUT2D eigenvalue weighted by Crippen LogP contribution is -2.49. The number of nitrogens with zero attached hydrogens (tertiary/aromatic N) is 7. The average molecular weight is 1350 g/mol. The number of rotatable bonds is 31. The summed E-state index contributed by atoms with van der Waals surface area (Å²) < 4.78 is 32.8. The summed E-state index contributed by atoms with van der Waals surface area (Å²) in [5.74, 6) is -7.89. The van der Waals surface area contributed by atoms with Gasteiger partial charge in [-0.15, -0.1) is 10.1 Å². The molecule has 0 bridgehead atoms. The van der Waals surface area contributed by atoms with Crippen LogP contribution in [0.5, 0.6) is 0 Å². The number of amides is 7. The molecule has 0 spiro atoms. The van der Waals surface area contributed by atoms with E-state index in [2.05, 4.69) is 10.2 Å². The summed E-state index contributed by atoms with van der Waals surface area (Å²) in [5.41, 5.74) is -1.98. The third-order valence-corrected chi connectivity index (χ3v) is 16.2. The van der Waals surface area contributed by atoms with E-state index in [0.717, 1.165) is 0 Å². The standard InChI is InChI=1S/C42H68N6O17.C19H22N2O9/c1-42(40(58)65-48-35(50)7-8-36(48)51)10-3-2-6-34(9-11-42)64-41(59)43-12-22-61-24-26-63-28-27-62-25-23-60-21-4-5-33(49)29-44-13-15-45(30-37(52)53)17-19-47(32-39(56)57)20-18-46(16-14-44)31-38(54)55;1-19(17(26)29-20-13(22)5-6-14(20)23)10-3-2-4-12(9-11-19)28-18(27)30-21-15(24)7-8-16(21)25/h2,6,34H,3-5,7-32H2,1H3,(H,43,59)(H,52,53)(H,54,55)(H,56,57);2,4,12H,3,5-11H2,1H3/b6-2+;4-2+/t34-,42+;12-,19+/m11/s1. The number of hydrogen-bond acceptors (Lipinski definition) is 27. The molecule has 0 aromatic heterocycles. The number of carboxylic acids is 3. The monoisotopic (exact) mass is 1350 g/mol. The van der Waals surface area contributed by atoms with E-state index in [1.165, 1.54) is 0 Å². The highest BCUT2D eigenvalue weighted by Crippen LogP contribution is 2.36. The van der Waals surface area contributed by atoms with Gasteiger partial charge >= 0.3 is 42.1 Å². The van der Waals surface area contributed by atoms with Gasteiger partial charge in [0.05, 0.1) is 83.3 Å².